The fourth-order valence-electron chi connectivity index (χ4n) is 2.40. The van der Waals surface area contributed by atoms with Gasteiger partial charge < -0.3 is 10.1 Å². The molecule has 2 aliphatic heterocycles. The van der Waals surface area contributed by atoms with Gasteiger partial charge in [-0.2, -0.15) is 0 Å². The first-order valence-electron chi connectivity index (χ1n) is 6.85. The zero-order valence-electron chi connectivity index (χ0n) is 11.3. The third-order valence-corrected chi connectivity index (χ3v) is 4.99. The minimum absolute atomic E-state index is 0.194. The summed E-state index contributed by atoms with van der Waals surface area (Å²) < 4.78 is 6.54. The fourth-order valence-corrected chi connectivity index (χ4v) is 3.17. The minimum Gasteiger partial charge on any atom is -0.493 e. The summed E-state index contributed by atoms with van der Waals surface area (Å²) in [5.74, 6) is 0.731. The van der Waals surface area contributed by atoms with Crippen molar-refractivity contribution in [2.75, 3.05) is 6.61 Å². The number of amides is 1. The number of benzene rings is 1. The number of hydrogen-bond acceptors (Lipinski definition) is 3. The number of nitrogens with one attached hydrogen (secondary N) is 2. The minimum atomic E-state index is -0.194. The molecule has 21 heavy (non-hydrogen) atoms. The molecule has 0 radical (unpaired) electrons. The average molecular weight is 414 g/mol. The highest BCUT2D eigenvalue weighted by molar-refractivity contribution is 14.1. The lowest BCUT2D eigenvalue weighted by atomic mass is 10.0. The van der Waals surface area contributed by atoms with Crippen molar-refractivity contribution in [3.8, 4) is 5.75 Å². The topological polar surface area (TPSA) is 50.4 Å². The van der Waals surface area contributed by atoms with Gasteiger partial charge in [-0.05, 0) is 54.7 Å². The molecule has 110 valence electrons. The molecule has 1 aromatic rings. The van der Waals surface area contributed by atoms with Crippen LogP contribution in [0, 0.1) is 0 Å². The lowest BCUT2D eigenvalue weighted by Crippen LogP contribution is -2.21. The molecular weight excluding hydrogens is 399 g/mol. The number of thiocarbonyl (C=S) groups is 1. The van der Waals surface area contributed by atoms with E-state index < -0.39 is 0 Å². The zero-order valence-corrected chi connectivity index (χ0v) is 14.3. The Bertz CT molecular complexity index is 630. The molecule has 4 nitrogen and oxygen atoms in total. The van der Waals surface area contributed by atoms with Crippen molar-refractivity contribution in [2.24, 2.45) is 0 Å². The number of rotatable bonds is 1. The number of alkyl halides is 1. The molecular formula is C15H15IN2O2S. The summed E-state index contributed by atoms with van der Waals surface area (Å²) in [7, 11) is 0. The summed E-state index contributed by atoms with van der Waals surface area (Å²) in [6, 6.07) is 6.09. The van der Waals surface area contributed by atoms with E-state index in [1.165, 1.54) is 12.0 Å². The maximum Gasteiger partial charge on any atom is 0.273 e. The van der Waals surface area contributed by atoms with E-state index in [9.17, 15) is 4.79 Å². The molecule has 1 amide bonds. The summed E-state index contributed by atoms with van der Waals surface area (Å²) in [4.78, 5) is 11.7. The first-order valence-corrected chi connectivity index (χ1v) is 8.51. The molecule has 2 heterocycles. The molecule has 1 saturated heterocycles. The highest BCUT2D eigenvalue weighted by Crippen LogP contribution is 2.28. The van der Waals surface area contributed by atoms with Crippen LogP contribution in [0.1, 0.15) is 24.0 Å². The van der Waals surface area contributed by atoms with Gasteiger partial charge in [-0.3, -0.25) is 10.1 Å². The van der Waals surface area contributed by atoms with Crippen LogP contribution in [-0.4, -0.2) is 21.6 Å². The third kappa shape index (κ3) is 3.55. The van der Waals surface area contributed by atoms with Crippen molar-refractivity contribution in [1.82, 2.24) is 10.6 Å². The van der Waals surface area contributed by atoms with Gasteiger partial charge in [0.25, 0.3) is 5.91 Å². The molecule has 1 unspecified atom stereocenters. The maximum absolute atomic E-state index is 11.7. The van der Waals surface area contributed by atoms with Crippen molar-refractivity contribution in [3.63, 3.8) is 0 Å². The normalized spacial score (nSPS) is 23.7. The van der Waals surface area contributed by atoms with Crippen molar-refractivity contribution in [1.29, 1.82) is 0 Å². The molecule has 0 aliphatic carbocycles. The number of fused-ring (bicyclic) bond motifs is 1. The number of carbonyl (C=O) groups excluding carboxylic acids is 1. The van der Waals surface area contributed by atoms with Gasteiger partial charge in [0.15, 0.2) is 5.11 Å². The predicted molar refractivity (Wildman–Crippen MR) is 94.5 cm³/mol. The van der Waals surface area contributed by atoms with Crippen molar-refractivity contribution < 1.29 is 9.53 Å². The van der Waals surface area contributed by atoms with Gasteiger partial charge in [0, 0.05) is 3.92 Å². The Morgan fingerprint density at radius 1 is 1.33 bits per heavy atom. The molecule has 0 bridgehead atoms. The van der Waals surface area contributed by atoms with Crippen LogP contribution in [0.3, 0.4) is 0 Å². The summed E-state index contributed by atoms with van der Waals surface area (Å²) >= 11 is 7.41. The number of aryl methyl sites for hydroxylation is 1. The fraction of sp³-hybridized carbons (Fsp3) is 0.333. The summed E-state index contributed by atoms with van der Waals surface area (Å²) in [5, 5.41) is 5.75. The van der Waals surface area contributed by atoms with Crippen molar-refractivity contribution in [3.05, 3.63) is 35.0 Å². The molecule has 0 aromatic heterocycles. The van der Waals surface area contributed by atoms with Crippen LogP contribution >= 0.6 is 34.8 Å². The molecule has 2 aliphatic rings. The second-order valence-corrected chi connectivity index (χ2v) is 7.28. The Morgan fingerprint density at radius 2 is 2.19 bits per heavy atom. The Hall–Kier alpha value is -1.15. The summed E-state index contributed by atoms with van der Waals surface area (Å²) in [6.07, 6.45) is 5.07. The van der Waals surface area contributed by atoms with Gasteiger partial charge in [0.1, 0.15) is 11.4 Å². The Morgan fingerprint density at radius 3 is 2.95 bits per heavy atom. The monoisotopic (exact) mass is 414 g/mol. The SMILES string of the molecule is O=C1NC(=S)N/C1=C\c1ccc2c(c1)OCCC(I)CC2. The second-order valence-electron chi connectivity index (χ2n) is 5.11. The molecule has 0 saturated carbocycles. The predicted octanol–water partition coefficient (Wildman–Crippen LogP) is 2.55. The van der Waals surface area contributed by atoms with Crippen LogP contribution < -0.4 is 15.4 Å². The van der Waals surface area contributed by atoms with Gasteiger partial charge in [-0.25, -0.2) is 0 Å². The van der Waals surface area contributed by atoms with Crippen molar-refractivity contribution >= 4 is 51.9 Å². The molecule has 1 atom stereocenters. The number of hydrogen-bond donors (Lipinski definition) is 2. The van der Waals surface area contributed by atoms with E-state index in [4.69, 9.17) is 17.0 Å². The Kier molecular flexibility index (Phi) is 4.44. The van der Waals surface area contributed by atoms with Crippen LogP contribution in [0.15, 0.2) is 23.9 Å². The lowest BCUT2D eigenvalue weighted by molar-refractivity contribution is -0.115. The zero-order chi connectivity index (χ0) is 14.8. The van der Waals surface area contributed by atoms with E-state index in [0.717, 1.165) is 30.8 Å². The molecule has 3 rings (SSSR count). The average Bonchev–Trinajstić information content (AvgIpc) is 2.74. The van der Waals surface area contributed by atoms with Crippen LogP contribution in [0.4, 0.5) is 0 Å². The highest BCUT2D eigenvalue weighted by Gasteiger charge is 2.20. The van der Waals surface area contributed by atoms with Gasteiger partial charge in [-0.15, -0.1) is 0 Å². The van der Waals surface area contributed by atoms with E-state index in [0.29, 0.717) is 14.7 Å². The van der Waals surface area contributed by atoms with Crippen LogP contribution in [0.5, 0.6) is 5.75 Å². The van der Waals surface area contributed by atoms with Gasteiger partial charge in [-0.1, -0.05) is 34.7 Å². The Labute approximate surface area is 142 Å². The standard InChI is InChI=1S/C15H15IN2O2S/c16-11-4-3-10-2-1-9(8-13(10)20-6-5-11)7-12-14(19)18-15(21)17-12/h1-2,7-8,11H,3-6H2,(H2,17,18,19,21)/b12-7-. The van der Waals surface area contributed by atoms with E-state index in [1.54, 1.807) is 6.08 Å². The quantitative estimate of drug-likeness (QED) is 0.321. The number of ether oxygens (including phenoxy) is 1. The number of halogens is 1. The smallest absolute Gasteiger partial charge is 0.273 e. The molecule has 0 spiro atoms. The number of carbonyl (C=O) groups is 1. The van der Waals surface area contributed by atoms with Crippen molar-refractivity contribution in [2.45, 2.75) is 23.2 Å². The van der Waals surface area contributed by atoms with E-state index in [2.05, 4.69) is 39.3 Å². The largest absolute Gasteiger partial charge is 0.493 e. The maximum atomic E-state index is 11.7. The molecule has 2 N–H and O–H groups in total. The first kappa shape index (κ1) is 14.8. The van der Waals surface area contributed by atoms with E-state index >= 15 is 0 Å². The van der Waals surface area contributed by atoms with Crippen LogP contribution in [0.25, 0.3) is 6.08 Å². The molecule has 6 heteroatoms. The Balaban J connectivity index is 1.85. The van der Waals surface area contributed by atoms with Gasteiger partial charge in [0.05, 0.1) is 6.61 Å². The van der Waals surface area contributed by atoms with Crippen LogP contribution in [0.2, 0.25) is 0 Å². The third-order valence-electron chi connectivity index (χ3n) is 3.54. The van der Waals surface area contributed by atoms with Gasteiger partial charge in [0.2, 0.25) is 0 Å². The second kappa shape index (κ2) is 6.31. The van der Waals surface area contributed by atoms with E-state index in [-0.39, 0.29) is 5.91 Å². The van der Waals surface area contributed by atoms with E-state index in [1.807, 2.05) is 12.1 Å². The lowest BCUT2D eigenvalue weighted by Gasteiger charge is -2.18. The van der Waals surface area contributed by atoms with Gasteiger partial charge >= 0.3 is 0 Å². The highest BCUT2D eigenvalue weighted by atomic mass is 127. The molecule has 1 fully saturated rings. The summed E-state index contributed by atoms with van der Waals surface area (Å²) in [5.41, 5.74) is 2.64. The summed E-state index contributed by atoms with van der Waals surface area (Å²) in [6.45, 7) is 0.740. The first-order chi connectivity index (χ1) is 10.1. The molecule has 1 aromatic carbocycles. The van der Waals surface area contributed by atoms with Crippen LogP contribution in [-0.2, 0) is 11.2 Å².